The van der Waals surface area contributed by atoms with Crippen LogP contribution in [0.3, 0.4) is 0 Å². The Labute approximate surface area is 105 Å². The van der Waals surface area contributed by atoms with E-state index in [0.717, 1.165) is 12.1 Å². The Bertz CT molecular complexity index is 306. The van der Waals surface area contributed by atoms with Crippen molar-refractivity contribution in [3.63, 3.8) is 0 Å². The van der Waals surface area contributed by atoms with Gasteiger partial charge in [0.05, 0.1) is 0 Å². The van der Waals surface area contributed by atoms with Crippen molar-refractivity contribution in [1.29, 1.82) is 5.41 Å². The van der Waals surface area contributed by atoms with Crippen LogP contribution in [0, 0.1) is 5.41 Å². The molecule has 1 aromatic carbocycles. The summed E-state index contributed by atoms with van der Waals surface area (Å²) in [7, 11) is 0. The van der Waals surface area contributed by atoms with E-state index in [1.54, 1.807) is 0 Å². The van der Waals surface area contributed by atoms with Crippen molar-refractivity contribution in [3.05, 3.63) is 35.9 Å². The van der Waals surface area contributed by atoms with Crippen LogP contribution in [-0.4, -0.2) is 12.4 Å². The zero-order valence-electron chi connectivity index (χ0n) is 10.8. The van der Waals surface area contributed by atoms with Crippen LogP contribution < -0.4 is 5.32 Å². The van der Waals surface area contributed by atoms with E-state index >= 15 is 0 Å². The Hall–Kier alpha value is -1.31. The number of hydrogen-bond acceptors (Lipinski definition) is 1. The van der Waals surface area contributed by atoms with Crippen LogP contribution in [-0.2, 0) is 0 Å². The van der Waals surface area contributed by atoms with Crippen LogP contribution in [0.25, 0.3) is 0 Å². The van der Waals surface area contributed by atoms with Crippen molar-refractivity contribution in [2.24, 2.45) is 0 Å². The molecule has 1 rings (SSSR count). The van der Waals surface area contributed by atoms with Gasteiger partial charge in [-0.25, -0.2) is 0 Å². The fourth-order valence-electron chi connectivity index (χ4n) is 1.83. The van der Waals surface area contributed by atoms with E-state index < -0.39 is 0 Å². The van der Waals surface area contributed by atoms with Gasteiger partial charge in [-0.2, -0.15) is 0 Å². The van der Waals surface area contributed by atoms with Gasteiger partial charge < -0.3 is 5.32 Å². The first-order valence-electron chi connectivity index (χ1n) is 6.72. The van der Waals surface area contributed by atoms with Crippen molar-refractivity contribution in [1.82, 2.24) is 5.32 Å². The van der Waals surface area contributed by atoms with Crippen molar-refractivity contribution in [3.8, 4) is 0 Å². The van der Waals surface area contributed by atoms with Gasteiger partial charge in [0.2, 0.25) is 0 Å². The number of hydrogen-bond donors (Lipinski definition) is 2. The average Bonchev–Trinajstić information content (AvgIpc) is 2.38. The zero-order valence-corrected chi connectivity index (χ0v) is 10.8. The summed E-state index contributed by atoms with van der Waals surface area (Å²) >= 11 is 0. The van der Waals surface area contributed by atoms with Crippen LogP contribution in [0.15, 0.2) is 30.3 Å². The molecule has 0 aliphatic heterocycles. The first kappa shape index (κ1) is 13.8. The molecule has 94 valence electrons. The largest absolute Gasteiger partial charge is 0.370 e. The van der Waals surface area contributed by atoms with E-state index in [9.17, 15) is 0 Å². The van der Waals surface area contributed by atoms with Crippen molar-refractivity contribution in [2.75, 3.05) is 6.54 Å². The lowest BCUT2D eigenvalue weighted by molar-refractivity contribution is 0.602. The van der Waals surface area contributed by atoms with E-state index in [1.807, 2.05) is 30.3 Å². The van der Waals surface area contributed by atoms with Gasteiger partial charge in [-0.15, -0.1) is 0 Å². The van der Waals surface area contributed by atoms with E-state index in [4.69, 9.17) is 5.41 Å². The first-order chi connectivity index (χ1) is 8.34. The molecule has 0 amide bonds. The molecule has 0 saturated carbocycles. The fourth-order valence-corrected chi connectivity index (χ4v) is 1.83. The van der Waals surface area contributed by atoms with Crippen LogP contribution >= 0.6 is 0 Å². The molecule has 0 bridgehead atoms. The van der Waals surface area contributed by atoms with Gasteiger partial charge in [-0.05, 0) is 6.42 Å². The lowest BCUT2D eigenvalue weighted by Crippen LogP contribution is -2.24. The molecule has 2 N–H and O–H groups in total. The Kier molecular flexibility index (Phi) is 7.12. The third kappa shape index (κ3) is 6.10. The number of nitrogens with one attached hydrogen (secondary N) is 2. The SMILES string of the molecule is CCCCCCCCNC(=N)c1ccccc1. The summed E-state index contributed by atoms with van der Waals surface area (Å²) in [5.74, 6) is 0.541. The average molecular weight is 232 g/mol. The second kappa shape index (κ2) is 8.80. The molecule has 0 aliphatic carbocycles. The maximum atomic E-state index is 7.86. The minimum absolute atomic E-state index is 0.541. The molecular formula is C15H24N2. The lowest BCUT2D eigenvalue weighted by atomic mass is 10.1. The van der Waals surface area contributed by atoms with Crippen LogP contribution in [0.5, 0.6) is 0 Å². The van der Waals surface area contributed by atoms with E-state index in [0.29, 0.717) is 5.84 Å². The smallest absolute Gasteiger partial charge is 0.125 e. The van der Waals surface area contributed by atoms with E-state index in [-0.39, 0.29) is 0 Å². The fraction of sp³-hybridized carbons (Fsp3) is 0.533. The summed E-state index contributed by atoms with van der Waals surface area (Å²) in [5, 5.41) is 11.0. The summed E-state index contributed by atoms with van der Waals surface area (Å²) < 4.78 is 0. The molecule has 0 aliphatic rings. The topological polar surface area (TPSA) is 35.9 Å². The highest BCUT2D eigenvalue weighted by atomic mass is 14.9. The van der Waals surface area contributed by atoms with Crippen LogP contribution in [0.2, 0.25) is 0 Å². The predicted octanol–water partition coefficient (Wildman–Crippen LogP) is 3.96. The van der Waals surface area contributed by atoms with Crippen molar-refractivity contribution < 1.29 is 0 Å². The predicted molar refractivity (Wildman–Crippen MR) is 74.6 cm³/mol. The number of unbranched alkanes of at least 4 members (excludes halogenated alkanes) is 5. The maximum absolute atomic E-state index is 7.86. The molecule has 0 saturated heterocycles. The molecule has 0 unspecified atom stereocenters. The third-order valence-corrected chi connectivity index (χ3v) is 2.89. The first-order valence-corrected chi connectivity index (χ1v) is 6.72. The normalized spacial score (nSPS) is 10.2. The van der Waals surface area contributed by atoms with Crippen LogP contribution in [0.4, 0.5) is 0 Å². The van der Waals surface area contributed by atoms with Gasteiger partial charge in [0.25, 0.3) is 0 Å². The van der Waals surface area contributed by atoms with Gasteiger partial charge in [-0.1, -0.05) is 69.4 Å². The Morgan fingerprint density at radius 1 is 1.00 bits per heavy atom. The highest BCUT2D eigenvalue weighted by Crippen LogP contribution is 2.04. The molecule has 0 aromatic heterocycles. The molecule has 2 heteroatoms. The molecule has 0 atom stereocenters. The Balaban J connectivity index is 2.05. The minimum atomic E-state index is 0.541. The Morgan fingerprint density at radius 3 is 2.35 bits per heavy atom. The summed E-state index contributed by atoms with van der Waals surface area (Å²) in [6, 6.07) is 9.85. The Morgan fingerprint density at radius 2 is 1.65 bits per heavy atom. The second-order valence-corrected chi connectivity index (χ2v) is 4.44. The van der Waals surface area contributed by atoms with Gasteiger partial charge in [0, 0.05) is 12.1 Å². The van der Waals surface area contributed by atoms with E-state index in [1.165, 1.54) is 38.5 Å². The summed E-state index contributed by atoms with van der Waals surface area (Å²) in [6.45, 7) is 3.16. The van der Waals surface area contributed by atoms with Crippen molar-refractivity contribution >= 4 is 5.84 Å². The number of rotatable bonds is 8. The van der Waals surface area contributed by atoms with Gasteiger partial charge in [0.15, 0.2) is 0 Å². The van der Waals surface area contributed by atoms with Crippen LogP contribution in [0.1, 0.15) is 51.0 Å². The molecule has 0 heterocycles. The molecule has 0 fully saturated rings. The standard InChI is InChI=1S/C15H24N2/c1-2-3-4-5-6-10-13-17-15(16)14-11-8-7-9-12-14/h7-9,11-12H,2-6,10,13H2,1H3,(H2,16,17). The molecule has 0 radical (unpaired) electrons. The highest BCUT2D eigenvalue weighted by molar-refractivity contribution is 5.96. The monoisotopic (exact) mass is 232 g/mol. The van der Waals surface area contributed by atoms with Gasteiger partial charge in [-0.3, -0.25) is 5.41 Å². The summed E-state index contributed by atoms with van der Waals surface area (Å²) in [6.07, 6.45) is 7.78. The van der Waals surface area contributed by atoms with Crippen molar-refractivity contribution in [2.45, 2.75) is 45.4 Å². The van der Waals surface area contributed by atoms with Gasteiger partial charge in [0.1, 0.15) is 5.84 Å². The minimum Gasteiger partial charge on any atom is -0.370 e. The maximum Gasteiger partial charge on any atom is 0.125 e. The molecule has 17 heavy (non-hydrogen) atoms. The number of benzene rings is 1. The molecular weight excluding hydrogens is 208 g/mol. The molecule has 0 spiro atoms. The molecule has 2 nitrogen and oxygen atoms in total. The zero-order chi connectivity index (χ0) is 12.3. The lowest BCUT2D eigenvalue weighted by Gasteiger charge is -2.07. The summed E-state index contributed by atoms with van der Waals surface area (Å²) in [5.41, 5.74) is 0.971. The third-order valence-electron chi connectivity index (χ3n) is 2.89. The second-order valence-electron chi connectivity index (χ2n) is 4.44. The quantitative estimate of drug-likeness (QED) is 0.397. The molecule has 1 aromatic rings. The number of amidine groups is 1. The summed E-state index contributed by atoms with van der Waals surface area (Å²) in [4.78, 5) is 0. The highest BCUT2D eigenvalue weighted by Gasteiger charge is 1.98. The van der Waals surface area contributed by atoms with E-state index in [2.05, 4.69) is 12.2 Å². The van der Waals surface area contributed by atoms with Gasteiger partial charge >= 0.3 is 0 Å².